The van der Waals surface area contributed by atoms with Gasteiger partial charge in [-0.1, -0.05) is 44.2 Å². The van der Waals surface area contributed by atoms with Crippen molar-refractivity contribution in [2.45, 2.75) is 45.8 Å². The minimum atomic E-state index is -0.994. The highest BCUT2D eigenvalue weighted by Gasteiger charge is 2.58. The molecule has 1 saturated carbocycles. The maximum Gasteiger partial charge on any atom is 0.309 e. The summed E-state index contributed by atoms with van der Waals surface area (Å²) in [6, 6.07) is 9.01. The van der Waals surface area contributed by atoms with E-state index in [4.69, 9.17) is 0 Å². The first kappa shape index (κ1) is 16.0. The van der Waals surface area contributed by atoms with Gasteiger partial charge >= 0.3 is 5.97 Å². The Morgan fingerprint density at radius 2 is 1.76 bits per heavy atom. The lowest BCUT2D eigenvalue weighted by Gasteiger charge is -2.41. The van der Waals surface area contributed by atoms with Gasteiger partial charge in [0, 0.05) is 0 Å². The Morgan fingerprint density at radius 1 is 1.19 bits per heavy atom. The number of benzene rings is 1. The number of hydrogen-bond donors (Lipinski definition) is 3. The highest BCUT2D eigenvalue weighted by molar-refractivity contribution is 5.75. The van der Waals surface area contributed by atoms with E-state index in [0.29, 0.717) is 18.4 Å². The van der Waals surface area contributed by atoms with E-state index in [1.54, 1.807) is 19.1 Å². The van der Waals surface area contributed by atoms with Crippen LogP contribution in [-0.2, 0) is 4.79 Å². The summed E-state index contributed by atoms with van der Waals surface area (Å²) < 4.78 is 0. The van der Waals surface area contributed by atoms with Crippen molar-refractivity contribution in [1.29, 1.82) is 0 Å². The van der Waals surface area contributed by atoms with Crippen molar-refractivity contribution >= 4 is 5.97 Å². The largest absolute Gasteiger partial charge is 0.481 e. The third kappa shape index (κ3) is 2.47. The monoisotopic (exact) mass is 292 g/mol. The maximum atomic E-state index is 11.6. The van der Waals surface area contributed by atoms with Crippen LogP contribution in [-0.4, -0.2) is 27.4 Å². The van der Waals surface area contributed by atoms with Crippen LogP contribution in [0, 0.1) is 16.7 Å². The summed E-state index contributed by atoms with van der Waals surface area (Å²) in [5.41, 5.74) is -0.812. The molecule has 4 atom stereocenters. The SMILES string of the molecule is CC1(C)[C@H]([C@H](O)[C@H](O)c2ccccc2)CC[C@@]1(C)C(=O)O. The van der Waals surface area contributed by atoms with Gasteiger partial charge in [0.25, 0.3) is 0 Å². The number of carbonyl (C=O) groups is 1. The first-order valence-corrected chi connectivity index (χ1v) is 7.36. The number of aliphatic carboxylic acids is 1. The fourth-order valence-electron chi connectivity index (χ4n) is 3.58. The van der Waals surface area contributed by atoms with Crippen molar-refractivity contribution in [3.63, 3.8) is 0 Å². The molecule has 1 aliphatic rings. The number of aliphatic hydroxyl groups is 2. The normalized spacial score (nSPS) is 30.8. The zero-order valence-electron chi connectivity index (χ0n) is 12.8. The van der Waals surface area contributed by atoms with Crippen LogP contribution < -0.4 is 0 Å². The lowest BCUT2D eigenvalue weighted by molar-refractivity contribution is -0.156. The zero-order chi connectivity index (χ0) is 15.8. The Hall–Kier alpha value is -1.39. The smallest absolute Gasteiger partial charge is 0.309 e. The molecule has 0 spiro atoms. The summed E-state index contributed by atoms with van der Waals surface area (Å²) in [4.78, 5) is 11.6. The zero-order valence-corrected chi connectivity index (χ0v) is 12.8. The molecule has 21 heavy (non-hydrogen) atoms. The van der Waals surface area contributed by atoms with E-state index >= 15 is 0 Å². The summed E-state index contributed by atoms with van der Waals surface area (Å²) in [6.07, 6.45) is -0.852. The van der Waals surface area contributed by atoms with E-state index in [-0.39, 0.29) is 5.92 Å². The highest BCUT2D eigenvalue weighted by atomic mass is 16.4. The molecule has 0 amide bonds. The molecule has 0 radical (unpaired) electrons. The summed E-state index contributed by atoms with van der Waals surface area (Å²) in [7, 11) is 0. The van der Waals surface area contributed by atoms with Gasteiger partial charge in [0.15, 0.2) is 0 Å². The van der Waals surface area contributed by atoms with E-state index in [9.17, 15) is 20.1 Å². The molecule has 2 rings (SSSR count). The molecular formula is C17H24O4. The van der Waals surface area contributed by atoms with E-state index in [0.717, 1.165) is 0 Å². The van der Waals surface area contributed by atoms with Crippen LogP contribution in [0.5, 0.6) is 0 Å². The second kappa shape index (κ2) is 5.43. The molecule has 1 fully saturated rings. The summed E-state index contributed by atoms with van der Waals surface area (Å²) >= 11 is 0. The Labute approximate surface area is 125 Å². The van der Waals surface area contributed by atoms with Crippen LogP contribution in [0.25, 0.3) is 0 Å². The Morgan fingerprint density at radius 3 is 2.24 bits per heavy atom. The van der Waals surface area contributed by atoms with Crippen molar-refractivity contribution < 1.29 is 20.1 Å². The number of rotatable bonds is 4. The van der Waals surface area contributed by atoms with Crippen molar-refractivity contribution in [1.82, 2.24) is 0 Å². The van der Waals surface area contributed by atoms with Gasteiger partial charge in [-0.2, -0.15) is 0 Å². The molecule has 1 aromatic carbocycles. The third-order valence-corrected chi connectivity index (χ3v) is 5.65. The molecule has 0 aromatic heterocycles. The topological polar surface area (TPSA) is 77.8 Å². The Balaban J connectivity index is 2.25. The summed E-state index contributed by atoms with van der Waals surface area (Å²) in [5, 5.41) is 30.5. The average molecular weight is 292 g/mol. The highest BCUT2D eigenvalue weighted by Crippen LogP contribution is 2.58. The first-order chi connectivity index (χ1) is 9.72. The summed E-state index contributed by atoms with van der Waals surface area (Å²) in [5.74, 6) is -1.09. The fourth-order valence-corrected chi connectivity index (χ4v) is 3.58. The molecule has 4 heteroatoms. The molecule has 3 N–H and O–H groups in total. The van der Waals surface area contributed by atoms with Gasteiger partial charge in [0.2, 0.25) is 0 Å². The van der Waals surface area contributed by atoms with Crippen molar-refractivity contribution in [3.05, 3.63) is 35.9 Å². The Kier molecular flexibility index (Phi) is 4.13. The van der Waals surface area contributed by atoms with Crippen LogP contribution >= 0.6 is 0 Å². The molecule has 1 aromatic rings. The van der Waals surface area contributed by atoms with E-state index in [1.165, 1.54) is 0 Å². The number of carboxylic acid groups (broad SMARTS) is 1. The van der Waals surface area contributed by atoms with Crippen molar-refractivity contribution in [2.24, 2.45) is 16.7 Å². The predicted octanol–water partition coefficient (Wildman–Crippen LogP) is 2.61. The number of aliphatic hydroxyl groups excluding tert-OH is 2. The van der Waals surface area contributed by atoms with Gasteiger partial charge in [-0.15, -0.1) is 0 Å². The minimum absolute atomic E-state index is 0.256. The molecule has 0 saturated heterocycles. The standard InChI is InChI=1S/C17H24O4/c1-16(2)12(9-10-17(16,3)15(20)21)14(19)13(18)11-7-5-4-6-8-11/h4-8,12-14,18-19H,9-10H2,1-3H3,(H,20,21)/t12-,13+,14-,17-/m0/s1. The van der Waals surface area contributed by atoms with E-state index in [2.05, 4.69) is 0 Å². The first-order valence-electron chi connectivity index (χ1n) is 7.36. The second-order valence-corrected chi connectivity index (χ2v) is 6.85. The molecule has 1 aliphatic carbocycles. The van der Waals surface area contributed by atoms with Crippen LogP contribution in [0.2, 0.25) is 0 Å². The lowest BCUT2D eigenvalue weighted by Crippen LogP contribution is -2.45. The summed E-state index contributed by atoms with van der Waals surface area (Å²) in [6.45, 7) is 5.48. The quantitative estimate of drug-likeness (QED) is 0.797. The maximum absolute atomic E-state index is 11.6. The van der Waals surface area contributed by atoms with Crippen molar-refractivity contribution in [2.75, 3.05) is 0 Å². The third-order valence-electron chi connectivity index (χ3n) is 5.65. The van der Waals surface area contributed by atoms with E-state index < -0.39 is 29.0 Å². The lowest BCUT2D eigenvalue weighted by atomic mass is 9.64. The second-order valence-electron chi connectivity index (χ2n) is 6.85. The number of carboxylic acids is 1. The van der Waals surface area contributed by atoms with E-state index in [1.807, 2.05) is 32.0 Å². The number of hydrogen-bond acceptors (Lipinski definition) is 3. The van der Waals surface area contributed by atoms with Gasteiger partial charge in [0.05, 0.1) is 11.5 Å². The molecule has 0 heterocycles. The molecule has 0 unspecified atom stereocenters. The van der Waals surface area contributed by atoms with Crippen molar-refractivity contribution in [3.8, 4) is 0 Å². The molecule has 4 nitrogen and oxygen atoms in total. The molecule has 0 aliphatic heterocycles. The van der Waals surface area contributed by atoms with Gasteiger partial charge in [-0.3, -0.25) is 4.79 Å². The average Bonchev–Trinajstić information content (AvgIpc) is 2.70. The van der Waals surface area contributed by atoms with Gasteiger partial charge in [-0.05, 0) is 36.7 Å². The van der Waals surface area contributed by atoms with Crippen LogP contribution in [0.15, 0.2) is 30.3 Å². The van der Waals surface area contributed by atoms with Crippen LogP contribution in [0.3, 0.4) is 0 Å². The Bertz CT molecular complexity index is 511. The predicted molar refractivity (Wildman–Crippen MR) is 79.7 cm³/mol. The molecule has 116 valence electrons. The van der Waals surface area contributed by atoms with Crippen LogP contribution in [0.4, 0.5) is 0 Å². The van der Waals surface area contributed by atoms with Crippen LogP contribution in [0.1, 0.15) is 45.3 Å². The fraction of sp³-hybridized carbons (Fsp3) is 0.588. The van der Waals surface area contributed by atoms with Gasteiger partial charge < -0.3 is 15.3 Å². The molecular weight excluding hydrogens is 268 g/mol. The minimum Gasteiger partial charge on any atom is -0.481 e. The van der Waals surface area contributed by atoms with Gasteiger partial charge in [0.1, 0.15) is 6.10 Å². The molecule has 0 bridgehead atoms. The van der Waals surface area contributed by atoms with Gasteiger partial charge in [-0.25, -0.2) is 0 Å².